The summed E-state index contributed by atoms with van der Waals surface area (Å²) in [6, 6.07) is 6.00. The Kier molecular flexibility index (Phi) is 6.91. The summed E-state index contributed by atoms with van der Waals surface area (Å²) in [4.78, 5) is 11.6. The molecule has 19 heavy (non-hydrogen) atoms. The van der Waals surface area contributed by atoms with E-state index in [0.717, 1.165) is 23.2 Å². The van der Waals surface area contributed by atoms with E-state index in [1.807, 2.05) is 39.0 Å². The molecule has 3 nitrogen and oxygen atoms in total. The van der Waals surface area contributed by atoms with Gasteiger partial charge >= 0.3 is 5.97 Å². The van der Waals surface area contributed by atoms with Crippen molar-refractivity contribution in [1.29, 1.82) is 0 Å². The molecule has 0 bridgehead atoms. The van der Waals surface area contributed by atoms with E-state index in [2.05, 4.69) is 6.92 Å². The van der Waals surface area contributed by atoms with Crippen LogP contribution in [0.4, 0.5) is 5.69 Å². The lowest BCUT2D eigenvalue weighted by atomic mass is 10.0. The normalized spacial score (nSPS) is 10.7. The molecule has 0 aliphatic heterocycles. The summed E-state index contributed by atoms with van der Waals surface area (Å²) in [5, 5.41) is 0. The van der Waals surface area contributed by atoms with Gasteiger partial charge < -0.3 is 10.5 Å². The molecular weight excluding hydrogens is 262 g/mol. The monoisotopic (exact) mass is 285 g/mol. The van der Waals surface area contributed by atoms with Crippen LogP contribution < -0.4 is 5.73 Å². The maximum Gasteiger partial charge on any atom is 0.306 e. The first-order valence-electron chi connectivity index (χ1n) is 6.41. The highest BCUT2D eigenvalue weighted by molar-refractivity contribution is 5.85. The summed E-state index contributed by atoms with van der Waals surface area (Å²) in [5.41, 5.74) is 8.54. The molecule has 0 unspecified atom stereocenters. The standard InChI is InChI=1S/C15H23NO2.ClH/c1-5-12-8-6-11(10-13(12)16)7-9-14(17)18-15(2,3)4;/h6,8,10H,5,7,9,16H2,1-4H3;1H. The number of nitrogen functional groups attached to an aromatic ring is 1. The molecule has 0 aromatic heterocycles. The van der Waals surface area contributed by atoms with E-state index in [1.54, 1.807) is 0 Å². The van der Waals surface area contributed by atoms with Gasteiger partial charge in [0.05, 0.1) is 0 Å². The van der Waals surface area contributed by atoms with E-state index in [0.29, 0.717) is 12.8 Å². The maximum atomic E-state index is 11.6. The topological polar surface area (TPSA) is 52.3 Å². The molecule has 0 fully saturated rings. The van der Waals surface area contributed by atoms with Crippen molar-refractivity contribution in [2.75, 3.05) is 5.73 Å². The SMILES string of the molecule is CCc1ccc(CCC(=O)OC(C)(C)C)cc1N.Cl. The molecular formula is C15H24ClNO2. The first kappa shape index (κ1) is 17.8. The molecule has 0 aliphatic carbocycles. The number of carbonyl (C=O) groups is 1. The molecule has 1 rings (SSSR count). The number of nitrogens with two attached hydrogens (primary N) is 1. The Labute approximate surface area is 121 Å². The highest BCUT2D eigenvalue weighted by Gasteiger charge is 2.15. The molecule has 0 atom stereocenters. The second-order valence-electron chi connectivity index (χ2n) is 5.47. The van der Waals surface area contributed by atoms with Crippen LogP contribution in [0.3, 0.4) is 0 Å². The Bertz CT molecular complexity index is 425. The van der Waals surface area contributed by atoms with Crippen molar-refractivity contribution in [1.82, 2.24) is 0 Å². The van der Waals surface area contributed by atoms with Gasteiger partial charge in [0.1, 0.15) is 5.60 Å². The fourth-order valence-electron chi connectivity index (χ4n) is 1.76. The fraction of sp³-hybridized carbons (Fsp3) is 0.533. The molecule has 0 heterocycles. The molecule has 0 spiro atoms. The third kappa shape index (κ3) is 6.48. The van der Waals surface area contributed by atoms with Crippen molar-refractivity contribution in [2.45, 2.75) is 52.6 Å². The van der Waals surface area contributed by atoms with Gasteiger partial charge in [-0.1, -0.05) is 19.1 Å². The number of hydrogen-bond donors (Lipinski definition) is 1. The van der Waals surface area contributed by atoms with Gasteiger partial charge in [0.25, 0.3) is 0 Å². The molecule has 1 aromatic rings. The van der Waals surface area contributed by atoms with Gasteiger partial charge in [-0.25, -0.2) is 0 Å². The van der Waals surface area contributed by atoms with E-state index >= 15 is 0 Å². The minimum atomic E-state index is -0.415. The summed E-state index contributed by atoms with van der Waals surface area (Å²) < 4.78 is 5.26. The van der Waals surface area contributed by atoms with Crippen LogP contribution in [0.15, 0.2) is 18.2 Å². The van der Waals surface area contributed by atoms with E-state index in [4.69, 9.17) is 10.5 Å². The predicted octanol–water partition coefficient (Wildman–Crippen LogP) is 3.53. The van der Waals surface area contributed by atoms with Crippen LogP contribution in [0.25, 0.3) is 0 Å². The number of esters is 1. The molecule has 0 aliphatic rings. The molecule has 0 amide bonds. The zero-order chi connectivity index (χ0) is 13.8. The van der Waals surface area contributed by atoms with Gasteiger partial charge in [0, 0.05) is 12.1 Å². The van der Waals surface area contributed by atoms with Crippen molar-refractivity contribution in [3.63, 3.8) is 0 Å². The molecule has 108 valence electrons. The van der Waals surface area contributed by atoms with E-state index in [-0.39, 0.29) is 18.4 Å². The molecule has 0 saturated heterocycles. The van der Waals surface area contributed by atoms with Crippen LogP contribution >= 0.6 is 12.4 Å². The molecule has 4 heteroatoms. The summed E-state index contributed by atoms with van der Waals surface area (Å²) >= 11 is 0. The lowest BCUT2D eigenvalue weighted by Gasteiger charge is -2.19. The summed E-state index contributed by atoms with van der Waals surface area (Å²) in [6.07, 6.45) is 1.99. The summed E-state index contributed by atoms with van der Waals surface area (Å²) in [6.45, 7) is 7.70. The molecule has 1 aromatic carbocycles. The fourth-order valence-corrected chi connectivity index (χ4v) is 1.76. The van der Waals surface area contributed by atoms with Crippen LogP contribution in [0.1, 0.15) is 45.2 Å². The molecule has 2 N–H and O–H groups in total. The summed E-state index contributed by atoms with van der Waals surface area (Å²) in [5.74, 6) is -0.166. The van der Waals surface area contributed by atoms with Crippen LogP contribution in [0.2, 0.25) is 0 Å². The number of halogens is 1. The van der Waals surface area contributed by atoms with Gasteiger partial charge in [-0.15, -0.1) is 12.4 Å². The van der Waals surface area contributed by atoms with Crippen molar-refractivity contribution < 1.29 is 9.53 Å². The highest BCUT2D eigenvalue weighted by atomic mass is 35.5. The van der Waals surface area contributed by atoms with Gasteiger partial charge in [0.2, 0.25) is 0 Å². The van der Waals surface area contributed by atoms with Crippen LogP contribution in [-0.2, 0) is 22.4 Å². The van der Waals surface area contributed by atoms with Crippen LogP contribution in [-0.4, -0.2) is 11.6 Å². The lowest BCUT2D eigenvalue weighted by Crippen LogP contribution is -2.24. The Morgan fingerprint density at radius 1 is 1.32 bits per heavy atom. The van der Waals surface area contributed by atoms with Crippen molar-refractivity contribution >= 4 is 24.1 Å². The zero-order valence-electron chi connectivity index (χ0n) is 12.2. The van der Waals surface area contributed by atoms with Crippen molar-refractivity contribution in [3.05, 3.63) is 29.3 Å². The number of anilines is 1. The smallest absolute Gasteiger partial charge is 0.306 e. The second kappa shape index (κ2) is 7.39. The number of aryl methyl sites for hydroxylation is 2. The molecule has 0 radical (unpaired) electrons. The van der Waals surface area contributed by atoms with Crippen molar-refractivity contribution in [2.24, 2.45) is 0 Å². The molecule has 0 saturated carbocycles. The largest absolute Gasteiger partial charge is 0.460 e. The Morgan fingerprint density at radius 3 is 2.42 bits per heavy atom. The lowest BCUT2D eigenvalue weighted by molar-refractivity contribution is -0.154. The van der Waals surface area contributed by atoms with E-state index in [1.165, 1.54) is 0 Å². The maximum absolute atomic E-state index is 11.6. The third-order valence-electron chi connectivity index (χ3n) is 2.63. The average molecular weight is 286 g/mol. The third-order valence-corrected chi connectivity index (χ3v) is 2.63. The van der Waals surface area contributed by atoms with Gasteiger partial charge in [0.15, 0.2) is 0 Å². The number of rotatable bonds is 4. The second-order valence-corrected chi connectivity index (χ2v) is 5.47. The zero-order valence-corrected chi connectivity index (χ0v) is 13.0. The first-order chi connectivity index (χ1) is 8.31. The average Bonchev–Trinajstić information content (AvgIpc) is 2.24. The highest BCUT2D eigenvalue weighted by Crippen LogP contribution is 2.17. The van der Waals surface area contributed by atoms with Gasteiger partial charge in [-0.05, 0) is 50.8 Å². The number of benzene rings is 1. The van der Waals surface area contributed by atoms with Crippen LogP contribution in [0, 0.1) is 0 Å². The quantitative estimate of drug-likeness (QED) is 0.680. The van der Waals surface area contributed by atoms with E-state index < -0.39 is 5.60 Å². The van der Waals surface area contributed by atoms with Crippen molar-refractivity contribution in [3.8, 4) is 0 Å². The Morgan fingerprint density at radius 2 is 1.95 bits per heavy atom. The minimum Gasteiger partial charge on any atom is -0.460 e. The number of ether oxygens (including phenoxy) is 1. The minimum absolute atomic E-state index is 0. The van der Waals surface area contributed by atoms with Gasteiger partial charge in [-0.2, -0.15) is 0 Å². The first-order valence-corrected chi connectivity index (χ1v) is 6.41. The van der Waals surface area contributed by atoms with E-state index in [9.17, 15) is 4.79 Å². The Balaban J connectivity index is 0.00000324. The number of hydrogen-bond acceptors (Lipinski definition) is 3. The van der Waals surface area contributed by atoms with Gasteiger partial charge in [-0.3, -0.25) is 4.79 Å². The number of carbonyl (C=O) groups excluding carboxylic acids is 1. The van der Waals surface area contributed by atoms with Crippen LogP contribution in [0.5, 0.6) is 0 Å². The predicted molar refractivity (Wildman–Crippen MR) is 81.6 cm³/mol. The Hall–Kier alpha value is -1.22. The summed E-state index contributed by atoms with van der Waals surface area (Å²) in [7, 11) is 0.